The first-order valence-electron chi connectivity index (χ1n) is 5.68. The van der Waals surface area contributed by atoms with E-state index >= 15 is 0 Å². The van der Waals surface area contributed by atoms with Crippen LogP contribution in [0.15, 0.2) is 35.8 Å². The van der Waals surface area contributed by atoms with Crippen molar-refractivity contribution >= 4 is 22.9 Å². The molecule has 1 aromatic carbocycles. The van der Waals surface area contributed by atoms with E-state index in [1.165, 1.54) is 10.6 Å². The molecule has 1 fully saturated rings. The summed E-state index contributed by atoms with van der Waals surface area (Å²) in [6, 6.07) is 8.17. The number of rotatable bonds is 2. The van der Waals surface area contributed by atoms with Gasteiger partial charge in [-0.15, -0.1) is 11.3 Å². The van der Waals surface area contributed by atoms with E-state index in [1.54, 1.807) is 11.3 Å². The third-order valence-corrected chi connectivity index (χ3v) is 4.62. The highest BCUT2D eigenvalue weighted by atomic mass is 35.5. The van der Waals surface area contributed by atoms with Crippen molar-refractivity contribution in [3.05, 3.63) is 51.4 Å². The van der Waals surface area contributed by atoms with Gasteiger partial charge in [-0.3, -0.25) is 0 Å². The highest BCUT2D eigenvalue weighted by molar-refractivity contribution is 7.09. The smallest absolute Gasteiger partial charge is 0.104 e. The predicted molar refractivity (Wildman–Crippen MR) is 71.8 cm³/mol. The van der Waals surface area contributed by atoms with Crippen LogP contribution in [0.25, 0.3) is 0 Å². The SMILES string of the molecule is Clc1ccc(C2(c3nccs3)CCNC2)cc1. The molecule has 1 unspecified atom stereocenters. The Labute approximate surface area is 110 Å². The molecule has 1 aliphatic heterocycles. The number of aromatic nitrogens is 1. The summed E-state index contributed by atoms with van der Waals surface area (Å²) in [7, 11) is 0. The number of halogens is 1. The van der Waals surface area contributed by atoms with Crippen LogP contribution in [0.3, 0.4) is 0 Å². The van der Waals surface area contributed by atoms with Crippen LogP contribution in [0, 0.1) is 0 Å². The fourth-order valence-corrected chi connectivity index (χ4v) is 3.49. The van der Waals surface area contributed by atoms with Gasteiger partial charge >= 0.3 is 0 Å². The summed E-state index contributed by atoms with van der Waals surface area (Å²) in [5.41, 5.74) is 1.35. The second-order valence-electron chi connectivity index (χ2n) is 4.35. The number of nitrogens with one attached hydrogen (secondary N) is 1. The van der Waals surface area contributed by atoms with Crippen molar-refractivity contribution in [1.82, 2.24) is 10.3 Å². The number of hydrogen-bond acceptors (Lipinski definition) is 3. The molecule has 2 aromatic rings. The molecule has 0 aliphatic carbocycles. The first kappa shape index (κ1) is 11.2. The lowest BCUT2D eigenvalue weighted by Crippen LogP contribution is -2.30. The Hall–Kier alpha value is -0.900. The topological polar surface area (TPSA) is 24.9 Å². The number of hydrogen-bond donors (Lipinski definition) is 1. The van der Waals surface area contributed by atoms with Gasteiger partial charge in [-0.25, -0.2) is 4.98 Å². The van der Waals surface area contributed by atoms with Crippen molar-refractivity contribution in [3.8, 4) is 0 Å². The Morgan fingerprint density at radius 2 is 2.12 bits per heavy atom. The molecule has 1 saturated heterocycles. The van der Waals surface area contributed by atoms with Gasteiger partial charge in [0, 0.05) is 23.1 Å². The van der Waals surface area contributed by atoms with E-state index in [2.05, 4.69) is 22.4 Å². The molecule has 1 aliphatic rings. The maximum atomic E-state index is 5.96. The normalized spacial score (nSPS) is 24.1. The third kappa shape index (κ3) is 1.88. The average molecular weight is 265 g/mol. The van der Waals surface area contributed by atoms with Crippen LogP contribution in [-0.2, 0) is 5.41 Å². The lowest BCUT2D eigenvalue weighted by atomic mass is 9.80. The number of nitrogens with zero attached hydrogens (tertiary/aromatic N) is 1. The van der Waals surface area contributed by atoms with E-state index in [1.807, 2.05) is 23.7 Å². The first-order chi connectivity index (χ1) is 8.31. The second kappa shape index (κ2) is 4.41. The summed E-state index contributed by atoms with van der Waals surface area (Å²) in [5.74, 6) is 0. The van der Waals surface area contributed by atoms with E-state index < -0.39 is 0 Å². The van der Waals surface area contributed by atoms with E-state index in [4.69, 9.17) is 11.6 Å². The third-order valence-electron chi connectivity index (χ3n) is 3.39. The molecule has 17 heavy (non-hydrogen) atoms. The zero-order valence-corrected chi connectivity index (χ0v) is 10.9. The van der Waals surface area contributed by atoms with Crippen LogP contribution in [0.2, 0.25) is 5.02 Å². The van der Waals surface area contributed by atoms with Crippen molar-refractivity contribution in [2.75, 3.05) is 13.1 Å². The molecule has 3 rings (SSSR count). The van der Waals surface area contributed by atoms with Crippen LogP contribution in [-0.4, -0.2) is 18.1 Å². The maximum Gasteiger partial charge on any atom is 0.104 e. The van der Waals surface area contributed by atoms with Crippen LogP contribution in [0.1, 0.15) is 17.0 Å². The minimum Gasteiger partial charge on any atom is -0.315 e. The molecule has 0 radical (unpaired) electrons. The maximum absolute atomic E-state index is 5.96. The number of thiazole rings is 1. The molecule has 1 N–H and O–H groups in total. The Morgan fingerprint density at radius 3 is 2.71 bits per heavy atom. The fraction of sp³-hybridized carbons (Fsp3) is 0.308. The minimum absolute atomic E-state index is 0.0404. The molecule has 0 amide bonds. The molecule has 2 nitrogen and oxygen atoms in total. The molecule has 4 heteroatoms. The Bertz CT molecular complexity index is 487. The molecule has 0 saturated carbocycles. The summed E-state index contributed by atoms with van der Waals surface area (Å²) < 4.78 is 0. The lowest BCUT2D eigenvalue weighted by Gasteiger charge is -2.26. The zero-order chi connectivity index (χ0) is 11.7. The summed E-state index contributed by atoms with van der Waals surface area (Å²) in [5, 5.41) is 7.48. The van der Waals surface area contributed by atoms with Gasteiger partial charge in [-0.2, -0.15) is 0 Å². The van der Waals surface area contributed by atoms with Crippen LogP contribution >= 0.6 is 22.9 Å². The molecule has 2 heterocycles. The van der Waals surface area contributed by atoms with Gasteiger partial charge in [0.2, 0.25) is 0 Å². The fourth-order valence-electron chi connectivity index (χ4n) is 2.47. The van der Waals surface area contributed by atoms with Crippen molar-refractivity contribution in [3.63, 3.8) is 0 Å². The van der Waals surface area contributed by atoms with Crippen LogP contribution < -0.4 is 5.32 Å². The average Bonchev–Trinajstić information content (AvgIpc) is 3.01. The van der Waals surface area contributed by atoms with Crippen LogP contribution in [0.4, 0.5) is 0 Å². The van der Waals surface area contributed by atoms with Gasteiger partial charge in [0.15, 0.2) is 0 Å². The summed E-state index contributed by atoms with van der Waals surface area (Å²) in [6.45, 7) is 2.00. The van der Waals surface area contributed by atoms with Crippen LogP contribution in [0.5, 0.6) is 0 Å². The van der Waals surface area contributed by atoms with Crippen molar-refractivity contribution in [2.45, 2.75) is 11.8 Å². The number of benzene rings is 1. The molecular formula is C13H13ClN2S. The van der Waals surface area contributed by atoms with Gasteiger partial charge in [-0.1, -0.05) is 23.7 Å². The van der Waals surface area contributed by atoms with Gasteiger partial charge in [0.05, 0.1) is 5.41 Å². The standard InChI is InChI=1S/C13H13ClN2S/c14-11-3-1-10(2-4-11)13(5-6-15-9-13)12-16-7-8-17-12/h1-4,7-8,15H,5-6,9H2. The Morgan fingerprint density at radius 1 is 1.29 bits per heavy atom. The first-order valence-corrected chi connectivity index (χ1v) is 6.94. The summed E-state index contributed by atoms with van der Waals surface area (Å²) in [4.78, 5) is 4.51. The molecule has 1 aromatic heterocycles. The Balaban J connectivity index is 2.09. The lowest BCUT2D eigenvalue weighted by molar-refractivity contribution is 0.566. The summed E-state index contributed by atoms with van der Waals surface area (Å²) in [6.07, 6.45) is 2.98. The molecule has 88 valence electrons. The molecule has 1 atom stereocenters. The largest absolute Gasteiger partial charge is 0.315 e. The van der Waals surface area contributed by atoms with Crippen molar-refractivity contribution in [2.24, 2.45) is 0 Å². The van der Waals surface area contributed by atoms with Gasteiger partial charge in [0.1, 0.15) is 5.01 Å². The molecule has 0 spiro atoms. The highest BCUT2D eigenvalue weighted by Gasteiger charge is 2.39. The van der Waals surface area contributed by atoms with Gasteiger partial charge in [0.25, 0.3) is 0 Å². The molecular weight excluding hydrogens is 252 g/mol. The van der Waals surface area contributed by atoms with Gasteiger partial charge < -0.3 is 5.32 Å². The molecule has 0 bridgehead atoms. The monoisotopic (exact) mass is 264 g/mol. The summed E-state index contributed by atoms with van der Waals surface area (Å²) >= 11 is 7.69. The van der Waals surface area contributed by atoms with E-state index in [-0.39, 0.29) is 5.41 Å². The van der Waals surface area contributed by atoms with E-state index in [0.29, 0.717) is 0 Å². The predicted octanol–water partition coefficient (Wildman–Crippen LogP) is 3.08. The Kier molecular flexibility index (Phi) is 2.90. The van der Waals surface area contributed by atoms with E-state index in [0.717, 1.165) is 24.5 Å². The highest BCUT2D eigenvalue weighted by Crippen LogP contribution is 2.39. The van der Waals surface area contributed by atoms with E-state index in [9.17, 15) is 0 Å². The van der Waals surface area contributed by atoms with Crippen molar-refractivity contribution < 1.29 is 0 Å². The quantitative estimate of drug-likeness (QED) is 0.902. The van der Waals surface area contributed by atoms with Gasteiger partial charge in [-0.05, 0) is 30.7 Å². The zero-order valence-electron chi connectivity index (χ0n) is 9.32. The second-order valence-corrected chi connectivity index (χ2v) is 5.68. The van der Waals surface area contributed by atoms with Crippen molar-refractivity contribution in [1.29, 1.82) is 0 Å². The minimum atomic E-state index is 0.0404.